The van der Waals surface area contributed by atoms with Gasteiger partial charge in [-0.25, -0.2) is 0 Å². The van der Waals surface area contributed by atoms with Crippen molar-refractivity contribution >= 4 is 17.5 Å². The molecule has 3 nitrogen and oxygen atoms in total. The lowest BCUT2D eigenvalue weighted by molar-refractivity contribution is -0.137. The Balaban J connectivity index is 1.98. The van der Waals surface area contributed by atoms with Crippen LogP contribution in [0.15, 0.2) is 42.6 Å². The molecule has 21 heavy (non-hydrogen) atoms. The van der Waals surface area contributed by atoms with Crippen LogP contribution in [-0.2, 0) is 12.7 Å². The molecule has 7 heteroatoms. The molecule has 0 saturated heterocycles. The van der Waals surface area contributed by atoms with E-state index in [1.54, 1.807) is 0 Å². The molecule has 2 aromatic rings. The maximum atomic E-state index is 12.4. The third kappa shape index (κ3) is 4.19. The van der Waals surface area contributed by atoms with Crippen molar-refractivity contribution in [1.82, 2.24) is 10.3 Å². The third-order valence-electron chi connectivity index (χ3n) is 2.69. The van der Waals surface area contributed by atoms with E-state index in [9.17, 15) is 18.0 Å². The maximum absolute atomic E-state index is 12.4. The van der Waals surface area contributed by atoms with Crippen LogP contribution in [-0.4, -0.2) is 10.9 Å². The quantitative estimate of drug-likeness (QED) is 0.939. The van der Waals surface area contributed by atoms with Crippen molar-refractivity contribution in [2.24, 2.45) is 0 Å². The highest BCUT2D eigenvalue weighted by Gasteiger charge is 2.29. The van der Waals surface area contributed by atoms with Gasteiger partial charge in [0.15, 0.2) is 0 Å². The van der Waals surface area contributed by atoms with E-state index in [2.05, 4.69) is 10.3 Å². The van der Waals surface area contributed by atoms with Crippen LogP contribution in [0.4, 0.5) is 13.2 Å². The fourth-order valence-corrected chi connectivity index (χ4v) is 1.77. The van der Waals surface area contributed by atoms with Gasteiger partial charge in [0, 0.05) is 17.8 Å². The van der Waals surface area contributed by atoms with Gasteiger partial charge in [0.05, 0.1) is 5.56 Å². The van der Waals surface area contributed by atoms with Gasteiger partial charge in [0.1, 0.15) is 5.69 Å². The molecule has 0 aliphatic rings. The van der Waals surface area contributed by atoms with Crippen molar-refractivity contribution in [3.8, 4) is 0 Å². The summed E-state index contributed by atoms with van der Waals surface area (Å²) in [5.74, 6) is -0.447. The van der Waals surface area contributed by atoms with Crippen LogP contribution in [0.25, 0.3) is 0 Å². The van der Waals surface area contributed by atoms with Crippen LogP contribution >= 0.6 is 11.6 Å². The van der Waals surface area contributed by atoms with Crippen molar-refractivity contribution in [3.63, 3.8) is 0 Å². The number of alkyl halides is 3. The lowest BCUT2D eigenvalue weighted by Crippen LogP contribution is -2.23. The minimum atomic E-state index is -4.37. The molecule has 0 aliphatic heterocycles. The maximum Gasteiger partial charge on any atom is 0.416 e. The zero-order valence-electron chi connectivity index (χ0n) is 10.6. The van der Waals surface area contributed by atoms with Crippen molar-refractivity contribution in [1.29, 1.82) is 0 Å². The van der Waals surface area contributed by atoms with Gasteiger partial charge in [-0.2, -0.15) is 13.2 Å². The summed E-state index contributed by atoms with van der Waals surface area (Å²) < 4.78 is 37.2. The number of carbonyl (C=O) groups excluding carboxylic acids is 1. The number of nitrogens with zero attached hydrogens (tertiary/aromatic N) is 1. The van der Waals surface area contributed by atoms with Gasteiger partial charge in [-0.1, -0.05) is 23.7 Å². The van der Waals surface area contributed by atoms with Crippen molar-refractivity contribution in [2.45, 2.75) is 12.7 Å². The molecule has 0 aliphatic carbocycles. The van der Waals surface area contributed by atoms with Crippen molar-refractivity contribution in [2.75, 3.05) is 0 Å². The van der Waals surface area contributed by atoms with Gasteiger partial charge in [-0.3, -0.25) is 9.78 Å². The molecule has 1 amide bonds. The van der Waals surface area contributed by atoms with Gasteiger partial charge < -0.3 is 5.32 Å². The summed E-state index contributed by atoms with van der Waals surface area (Å²) in [6.07, 6.45) is -2.97. The number of carbonyl (C=O) groups is 1. The van der Waals surface area contributed by atoms with E-state index in [0.717, 1.165) is 12.1 Å². The van der Waals surface area contributed by atoms with Gasteiger partial charge in [-0.15, -0.1) is 0 Å². The van der Waals surface area contributed by atoms with Gasteiger partial charge >= 0.3 is 6.18 Å². The molecule has 0 fully saturated rings. The molecule has 0 radical (unpaired) electrons. The lowest BCUT2D eigenvalue weighted by Gasteiger charge is -2.08. The summed E-state index contributed by atoms with van der Waals surface area (Å²) in [5.41, 5.74) is -0.0260. The highest BCUT2D eigenvalue weighted by molar-refractivity contribution is 6.30. The first kappa shape index (κ1) is 15.3. The zero-order valence-corrected chi connectivity index (χ0v) is 11.4. The second-order valence-corrected chi connectivity index (χ2v) is 4.67. The molecular formula is C14H10ClF3N2O. The minimum Gasteiger partial charge on any atom is -0.347 e. The van der Waals surface area contributed by atoms with Crippen LogP contribution in [0.3, 0.4) is 0 Å². The molecule has 0 saturated carbocycles. The number of benzene rings is 1. The Labute approximate surface area is 123 Å². The van der Waals surface area contributed by atoms with Crippen molar-refractivity contribution < 1.29 is 18.0 Å². The standard InChI is InChI=1S/C14H10ClF3N2O/c15-11-5-6-19-12(7-11)13(21)20-8-9-1-3-10(4-2-9)14(16,17)18/h1-7H,8H2,(H,20,21). The zero-order chi connectivity index (χ0) is 15.5. The Morgan fingerprint density at radius 2 is 1.86 bits per heavy atom. The Morgan fingerprint density at radius 1 is 1.19 bits per heavy atom. The molecule has 0 bridgehead atoms. The molecule has 1 aromatic carbocycles. The van der Waals surface area contributed by atoms with E-state index >= 15 is 0 Å². The van der Waals surface area contributed by atoms with E-state index < -0.39 is 17.6 Å². The van der Waals surface area contributed by atoms with E-state index in [1.807, 2.05) is 0 Å². The summed E-state index contributed by atoms with van der Waals surface area (Å²) in [5, 5.41) is 2.94. The van der Waals surface area contributed by atoms with Crippen LogP contribution in [0.5, 0.6) is 0 Å². The summed E-state index contributed by atoms with van der Waals surface area (Å²) in [6.45, 7) is 0.102. The summed E-state index contributed by atoms with van der Waals surface area (Å²) in [7, 11) is 0. The normalized spacial score (nSPS) is 11.2. The van der Waals surface area contributed by atoms with Crippen LogP contribution in [0.1, 0.15) is 21.6 Å². The summed E-state index contributed by atoms with van der Waals surface area (Å²) >= 11 is 5.74. The predicted octanol–water partition coefficient (Wildman–Crippen LogP) is 3.68. The lowest BCUT2D eigenvalue weighted by atomic mass is 10.1. The Kier molecular flexibility index (Phi) is 4.47. The number of nitrogens with one attached hydrogen (secondary N) is 1. The Bertz CT molecular complexity index is 641. The molecule has 0 spiro atoms. The number of halogens is 4. The summed E-state index contributed by atoms with van der Waals surface area (Å²) in [6, 6.07) is 7.51. The first-order chi connectivity index (χ1) is 9.86. The average molecular weight is 315 g/mol. The predicted molar refractivity (Wildman–Crippen MR) is 71.9 cm³/mol. The number of aromatic nitrogens is 1. The topological polar surface area (TPSA) is 42.0 Å². The Hall–Kier alpha value is -2.08. The van der Waals surface area contributed by atoms with Gasteiger partial charge in [-0.05, 0) is 29.8 Å². The molecule has 0 unspecified atom stereocenters. The molecule has 110 valence electrons. The fraction of sp³-hybridized carbons (Fsp3) is 0.143. The number of pyridine rings is 1. The number of hydrogen-bond donors (Lipinski definition) is 1. The van der Waals surface area contributed by atoms with E-state index in [1.165, 1.54) is 30.5 Å². The van der Waals surface area contributed by atoms with E-state index in [-0.39, 0.29) is 12.2 Å². The highest BCUT2D eigenvalue weighted by Crippen LogP contribution is 2.29. The molecule has 1 heterocycles. The summed E-state index contributed by atoms with van der Waals surface area (Å²) in [4.78, 5) is 15.6. The second-order valence-electron chi connectivity index (χ2n) is 4.24. The average Bonchev–Trinajstić information content (AvgIpc) is 2.44. The largest absolute Gasteiger partial charge is 0.416 e. The van der Waals surface area contributed by atoms with Crippen molar-refractivity contribution in [3.05, 3.63) is 64.4 Å². The molecule has 0 atom stereocenters. The van der Waals surface area contributed by atoms with Crippen LogP contribution < -0.4 is 5.32 Å². The van der Waals surface area contributed by atoms with E-state index in [0.29, 0.717) is 10.6 Å². The monoisotopic (exact) mass is 314 g/mol. The first-order valence-electron chi connectivity index (χ1n) is 5.92. The second kappa shape index (κ2) is 6.13. The minimum absolute atomic E-state index is 0.102. The molecule has 1 aromatic heterocycles. The molecule has 1 N–H and O–H groups in total. The smallest absolute Gasteiger partial charge is 0.347 e. The van der Waals surface area contributed by atoms with E-state index in [4.69, 9.17) is 11.6 Å². The number of amides is 1. The van der Waals surface area contributed by atoms with Crippen LogP contribution in [0, 0.1) is 0 Å². The SMILES string of the molecule is O=C(NCc1ccc(C(F)(F)F)cc1)c1cc(Cl)ccn1. The number of hydrogen-bond acceptors (Lipinski definition) is 2. The Morgan fingerprint density at radius 3 is 2.43 bits per heavy atom. The van der Waals surface area contributed by atoms with Crippen LogP contribution in [0.2, 0.25) is 5.02 Å². The van der Waals surface area contributed by atoms with Gasteiger partial charge in [0.25, 0.3) is 5.91 Å². The molecule has 2 rings (SSSR count). The number of rotatable bonds is 3. The first-order valence-corrected chi connectivity index (χ1v) is 6.30. The molecular weight excluding hydrogens is 305 g/mol. The highest BCUT2D eigenvalue weighted by atomic mass is 35.5. The fourth-order valence-electron chi connectivity index (χ4n) is 1.61. The third-order valence-corrected chi connectivity index (χ3v) is 2.92. The van der Waals surface area contributed by atoms with Gasteiger partial charge in [0.2, 0.25) is 0 Å².